The Labute approximate surface area is 200 Å². The molecule has 1 aromatic carbocycles. The van der Waals surface area contributed by atoms with Crippen molar-refractivity contribution in [3.05, 3.63) is 41.5 Å². The third-order valence-electron chi connectivity index (χ3n) is 5.54. The number of carbonyl (C=O) groups excluding carboxylic acids is 3. The summed E-state index contributed by atoms with van der Waals surface area (Å²) < 4.78 is 25.2. The van der Waals surface area contributed by atoms with Crippen LogP contribution >= 0.6 is 0 Å². The minimum Gasteiger partial charge on any atom is -0.442 e. The van der Waals surface area contributed by atoms with Gasteiger partial charge in [-0.1, -0.05) is 5.16 Å². The molecule has 188 valence electrons. The van der Waals surface area contributed by atoms with Crippen LogP contribution in [0.4, 0.5) is 25.4 Å². The van der Waals surface area contributed by atoms with E-state index in [1.54, 1.807) is 30.0 Å². The zero-order valence-electron chi connectivity index (χ0n) is 19.5. The number of hydroxylamine groups is 2. The number of urea groups is 1. The topological polar surface area (TPSA) is 129 Å². The number of hydrogen-bond donors (Lipinski definition) is 2. The molecule has 2 aliphatic rings. The van der Waals surface area contributed by atoms with Gasteiger partial charge in [-0.2, -0.15) is 0 Å². The molecule has 1 atom stereocenters. The van der Waals surface area contributed by atoms with Gasteiger partial charge in [0.15, 0.2) is 0 Å². The Balaban J connectivity index is 1.33. The second kappa shape index (κ2) is 10.6. The largest absolute Gasteiger partial charge is 0.442 e. The van der Waals surface area contributed by atoms with Crippen molar-refractivity contribution < 1.29 is 32.9 Å². The molecule has 2 saturated heterocycles. The van der Waals surface area contributed by atoms with Crippen molar-refractivity contribution in [3.63, 3.8) is 0 Å². The molecule has 2 N–H and O–H groups in total. The standard InChI is InChI=1S/C22H27FN6O6/c1-14-9-16(26-35-14)11-25-21(31)29-6-5-27(7-8-33-29)20-4-3-17(10-19(20)23)28-13-18(34-22(28)32)12-24-15(2)30/h3-4,9-10,18H,5-8,11-13H2,1-2H3,(H,24,30)(H,25,31)/t18-/m0/s1. The summed E-state index contributed by atoms with van der Waals surface area (Å²) >= 11 is 0. The predicted octanol–water partition coefficient (Wildman–Crippen LogP) is 1.55. The van der Waals surface area contributed by atoms with Crippen LogP contribution in [0, 0.1) is 12.7 Å². The van der Waals surface area contributed by atoms with Crippen LogP contribution in [0.15, 0.2) is 28.8 Å². The number of benzene rings is 1. The number of amides is 4. The van der Waals surface area contributed by atoms with Crippen LogP contribution in [-0.2, 0) is 20.9 Å². The van der Waals surface area contributed by atoms with Gasteiger partial charge < -0.3 is 24.8 Å². The summed E-state index contributed by atoms with van der Waals surface area (Å²) in [6.07, 6.45) is -1.11. The highest BCUT2D eigenvalue weighted by molar-refractivity contribution is 5.90. The van der Waals surface area contributed by atoms with Gasteiger partial charge in [-0.25, -0.2) is 19.0 Å². The van der Waals surface area contributed by atoms with Crippen LogP contribution in [0.25, 0.3) is 0 Å². The number of nitrogens with zero attached hydrogens (tertiary/aromatic N) is 4. The molecular weight excluding hydrogens is 463 g/mol. The number of anilines is 2. The molecule has 2 aliphatic heterocycles. The minimum absolute atomic E-state index is 0.182. The van der Waals surface area contributed by atoms with Gasteiger partial charge >= 0.3 is 12.1 Å². The fourth-order valence-electron chi connectivity index (χ4n) is 3.82. The molecule has 35 heavy (non-hydrogen) atoms. The van der Waals surface area contributed by atoms with Gasteiger partial charge in [0, 0.05) is 26.1 Å². The molecule has 13 heteroatoms. The Morgan fingerprint density at radius 3 is 2.74 bits per heavy atom. The monoisotopic (exact) mass is 490 g/mol. The lowest BCUT2D eigenvalue weighted by Crippen LogP contribution is -2.41. The zero-order valence-corrected chi connectivity index (χ0v) is 19.5. The quantitative estimate of drug-likeness (QED) is 0.624. The average Bonchev–Trinajstić information content (AvgIpc) is 3.32. The highest BCUT2D eigenvalue weighted by atomic mass is 19.1. The molecule has 0 saturated carbocycles. The van der Waals surface area contributed by atoms with Gasteiger partial charge in [0.05, 0.1) is 44.2 Å². The summed E-state index contributed by atoms with van der Waals surface area (Å²) in [5, 5.41) is 10.3. The number of ether oxygens (including phenoxy) is 1. The summed E-state index contributed by atoms with van der Waals surface area (Å²) in [7, 11) is 0. The number of carbonyl (C=O) groups is 3. The fraction of sp³-hybridized carbons (Fsp3) is 0.455. The molecule has 4 amide bonds. The minimum atomic E-state index is -0.599. The summed E-state index contributed by atoms with van der Waals surface area (Å²) in [6, 6.07) is 5.79. The number of nitrogens with one attached hydrogen (secondary N) is 2. The highest BCUT2D eigenvalue weighted by Crippen LogP contribution is 2.28. The normalized spacial score (nSPS) is 18.3. The van der Waals surface area contributed by atoms with Crippen LogP contribution in [0.3, 0.4) is 0 Å². The van der Waals surface area contributed by atoms with E-state index in [0.717, 1.165) is 0 Å². The van der Waals surface area contributed by atoms with E-state index in [4.69, 9.17) is 14.1 Å². The lowest BCUT2D eigenvalue weighted by atomic mass is 10.2. The summed E-state index contributed by atoms with van der Waals surface area (Å²) in [4.78, 5) is 44.4. The first kappa shape index (κ1) is 24.3. The van der Waals surface area contributed by atoms with Crippen molar-refractivity contribution >= 4 is 29.4 Å². The Hall–Kier alpha value is -3.87. The van der Waals surface area contributed by atoms with Gasteiger partial charge in [0.2, 0.25) is 5.91 Å². The molecule has 0 radical (unpaired) electrons. The molecule has 0 bridgehead atoms. The molecular formula is C22H27FN6O6. The van der Waals surface area contributed by atoms with Gasteiger partial charge in [-0.3, -0.25) is 14.5 Å². The highest BCUT2D eigenvalue weighted by Gasteiger charge is 2.33. The molecule has 1 aromatic heterocycles. The zero-order chi connectivity index (χ0) is 24.9. The lowest BCUT2D eigenvalue weighted by molar-refractivity contribution is -0.119. The maximum Gasteiger partial charge on any atom is 0.414 e. The first-order valence-corrected chi connectivity index (χ1v) is 11.2. The van der Waals surface area contributed by atoms with E-state index in [1.807, 2.05) is 0 Å². The third-order valence-corrected chi connectivity index (χ3v) is 5.54. The van der Waals surface area contributed by atoms with Crippen molar-refractivity contribution in [1.82, 2.24) is 20.9 Å². The smallest absolute Gasteiger partial charge is 0.414 e. The SMILES string of the molecule is CC(=O)NC[C@H]1CN(c2ccc(N3CCON(C(=O)NCc4cc(C)on4)CC3)c(F)c2)C(=O)O1. The predicted molar refractivity (Wildman–Crippen MR) is 121 cm³/mol. The molecule has 2 aromatic rings. The Kier molecular flexibility index (Phi) is 7.34. The summed E-state index contributed by atoms with van der Waals surface area (Å²) in [5.41, 5.74) is 1.29. The molecule has 4 rings (SSSR count). The van der Waals surface area contributed by atoms with E-state index in [9.17, 15) is 14.4 Å². The first-order chi connectivity index (χ1) is 16.8. The van der Waals surface area contributed by atoms with Crippen LogP contribution < -0.4 is 20.4 Å². The molecule has 2 fully saturated rings. The fourth-order valence-corrected chi connectivity index (χ4v) is 3.82. The number of halogens is 1. The van der Waals surface area contributed by atoms with E-state index in [-0.39, 0.29) is 38.7 Å². The van der Waals surface area contributed by atoms with E-state index in [1.165, 1.54) is 23.0 Å². The maximum atomic E-state index is 15.0. The van der Waals surface area contributed by atoms with Crippen LogP contribution in [0.2, 0.25) is 0 Å². The Bertz CT molecular complexity index is 1090. The van der Waals surface area contributed by atoms with Gasteiger partial charge in [-0.05, 0) is 25.1 Å². The van der Waals surface area contributed by atoms with Crippen molar-refractivity contribution in [2.45, 2.75) is 26.5 Å². The summed E-state index contributed by atoms with van der Waals surface area (Å²) in [5.74, 6) is -0.0901. The lowest BCUT2D eigenvalue weighted by Gasteiger charge is -2.24. The van der Waals surface area contributed by atoms with Crippen molar-refractivity contribution in [1.29, 1.82) is 0 Å². The van der Waals surface area contributed by atoms with E-state index >= 15 is 4.39 Å². The van der Waals surface area contributed by atoms with Crippen LogP contribution in [0.1, 0.15) is 18.4 Å². The van der Waals surface area contributed by atoms with E-state index < -0.39 is 24.0 Å². The second-order valence-electron chi connectivity index (χ2n) is 8.20. The molecule has 12 nitrogen and oxygen atoms in total. The first-order valence-electron chi connectivity index (χ1n) is 11.2. The maximum absolute atomic E-state index is 15.0. The van der Waals surface area contributed by atoms with E-state index in [0.29, 0.717) is 35.9 Å². The van der Waals surface area contributed by atoms with Gasteiger partial charge in [-0.15, -0.1) is 0 Å². The van der Waals surface area contributed by atoms with Crippen LogP contribution in [0.5, 0.6) is 0 Å². The summed E-state index contributed by atoms with van der Waals surface area (Å²) in [6.45, 7) is 4.83. The van der Waals surface area contributed by atoms with Crippen molar-refractivity contribution in [2.24, 2.45) is 0 Å². The van der Waals surface area contributed by atoms with Gasteiger partial charge in [0.1, 0.15) is 23.4 Å². The molecule has 0 spiro atoms. The Morgan fingerprint density at radius 1 is 1.20 bits per heavy atom. The number of hydrogen-bond acceptors (Lipinski definition) is 8. The number of aromatic nitrogens is 1. The number of aryl methyl sites for hydroxylation is 1. The van der Waals surface area contributed by atoms with Gasteiger partial charge in [0.25, 0.3) is 0 Å². The third kappa shape index (κ3) is 5.98. The average molecular weight is 490 g/mol. The second-order valence-corrected chi connectivity index (χ2v) is 8.20. The van der Waals surface area contributed by atoms with Crippen molar-refractivity contribution in [2.75, 3.05) is 49.1 Å². The van der Waals surface area contributed by atoms with Crippen LogP contribution in [-0.4, -0.2) is 73.7 Å². The molecule has 0 aliphatic carbocycles. The van der Waals surface area contributed by atoms with E-state index in [2.05, 4.69) is 15.8 Å². The Morgan fingerprint density at radius 2 is 2.03 bits per heavy atom. The number of cyclic esters (lactones) is 1. The molecule has 3 heterocycles. The molecule has 0 unspecified atom stereocenters. The number of rotatable bonds is 6. The van der Waals surface area contributed by atoms with Crippen molar-refractivity contribution in [3.8, 4) is 0 Å².